The lowest BCUT2D eigenvalue weighted by atomic mass is 10.2. The third-order valence-electron chi connectivity index (χ3n) is 3.19. The fourth-order valence-corrected chi connectivity index (χ4v) is 3.22. The van der Waals surface area contributed by atoms with Gasteiger partial charge in [0.05, 0.1) is 23.4 Å². The molecular weight excluding hydrogens is 260 g/mol. The third-order valence-corrected chi connectivity index (χ3v) is 4.22. The molecule has 1 unspecified atom stereocenters. The summed E-state index contributed by atoms with van der Waals surface area (Å²) >= 11 is 1.72. The van der Waals surface area contributed by atoms with Crippen LogP contribution in [0.25, 0.3) is 10.2 Å². The van der Waals surface area contributed by atoms with E-state index in [0.29, 0.717) is 13.2 Å². The Kier molecular flexibility index (Phi) is 3.46. The van der Waals surface area contributed by atoms with Crippen LogP contribution >= 0.6 is 11.3 Å². The number of benzene rings is 1. The van der Waals surface area contributed by atoms with Gasteiger partial charge in [-0.1, -0.05) is 12.1 Å². The smallest absolute Gasteiger partial charge is 0.127 e. The Balaban J connectivity index is 1.72. The van der Waals surface area contributed by atoms with Gasteiger partial charge in [0.1, 0.15) is 16.9 Å². The summed E-state index contributed by atoms with van der Waals surface area (Å²) in [5.74, 6) is 0.106. The Hall–Kier alpha value is -1.50. The lowest BCUT2D eigenvalue weighted by Gasteiger charge is -2.31. The molecule has 19 heavy (non-hydrogen) atoms. The van der Waals surface area contributed by atoms with E-state index < -0.39 is 0 Å². The van der Waals surface area contributed by atoms with Gasteiger partial charge in [0.2, 0.25) is 0 Å². The van der Waals surface area contributed by atoms with Crippen molar-refractivity contribution in [3.05, 3.63) is 29.3 Å². The molecule has 2 aromatic rings. The zero-order valence-electron chi connectivity index (χ0n) is 10.5. The van der Waals surface area contributed by atoms with Gasteiger partial charge in [0, 0.05) is 13.1 Å². The summed E-state index contributed by atoms with van der Waals surface area (Å²) in [7, 11) is 0. The van der Waals surface area contributed by atoms with Crippen molar-refractivity contribution in [2.75, 3.05) is 19.7 Å². The SMILES string of the molecule is N=C(N)C1CN(Cc2nc3ccccc3s2)CCO1. The van der Waals surface area contributed by atoms with Crippen LogP contribution in [0.5, 0.6) is 0 Å². The van der Waals surface area contributed by atoms with Gasteiger partial charge in [0.25, 0.3) is 0 Å². The minimum Gasteiger partial charge on any atom is -0.385 e. The van der Waals surface area contributed by atoms with Crippen LogP contribution in [0.4, 0.5) is 0 Å². The van der Waals surface area contributed by atoms with Gasteiger partial charge in [-0.25, -0.2) is 4.98 Å². The molecule has 1 aliphatic rings. The van der Waals surface area contributed by atoms with Crippen molar-refractivity contribution in [1.82, 2.24) is 9.88 Å². The molecular formula is C13H16N4OS. The molecule has 1 saturated heterocycles. The van der Waals surface area contributed by atoms with Crippen molar-refractivity contribution in [3.8, 4) is 0 Å². The number of nitrogens with two attached hydrogens (primary N) is 1. The third kappa shape index (κ3) is 2.75. The highest BCUT2D eigenvalue weighted by Crippen LogP contribution is 2.23. The molecule has 1 atom stereocenters. The number of fused-ring (bicyclic) bond motifs is 1. The van der Waals surface area contributed by atoms with Crippen molar-refractivity contribution in [1.29, 1.82) is 5.41 Å². The van der Waals surface area contributed by atoms with Crippen LogP contribution in [0.1, 0.15) is 5.01 Å². The summed E-state index contributed by atoms with van der Waals surface area (Å²) in [6.45, 7) is 2.95. The summed E-state index contributed by atoms with van der Waals surface area (Å²) in [5.41, 5.74) is 6.56. The van der Waals surface area contributed by atoms with E-state index in [1.165, 1.54) is 4.70 Å². The number of aromatic nitrogens is 1. The molecule has 1 aromatic heterocycles. The van der Waals surface area contributed by atoms with Crippen LogP contribution in [-0.4, -0.2) is 41.5 Å². The van der Waals surface area contributed by atoms with E-state index in [-0.39, 0.29) is 11.9 Å². The van der Waals surface area contributed by atoms with Crippen LogP contribution < -0.4 is 5.73 Å². The number of amidine groups is 1. The predicted molar refractivity (Wildman–Crippen MR) is 76.6 cm³/mol. The number of hydrogen-bond acceptors (Lipinski definition) is 5. The summed E-state index contributed by atoms with van der Waals surface area (Å²) in [4.78, 5) is 6.87. The Morgan fingerprint density at radius 2 is 2.37 bits per heavy atom. The van der Waals surface area contributed by atoms with Crippen molar-refractivity contribution < 1.29 is 4.74 Å². The molecule has 2 heterocycles. The molecule has 1 fully saturated rings. The Bertz CT molecular complexity index is 564. The number of rotatable bonds is 3. The second-order valence-corrected chi connectivity index (χ2v) is 5.74. The first kappa shape index (κ1) is 12.5. The van der Waals surface area contributed by atoms with E-state index in [4.69, 9.17) is 15.9 Å². The largest absolute Gasteiger partial charge is 0.385 e. The predicted octanol–water partition coefficient (Wildman–Crippen LogP) is 1.43. The maximum atomic E-state index is 7.46. The van der Waals surface area contributed by atoms with Crippen molar-refractivity contribution in [2.24, 2.45) is 5.73 Å². The second kappa shape index (κ2) is 5.24. The highest BCUT2D eigenvalue weighted by molar-refractivity contribution is 7.18. The minimum absolute atomic E-state index is 0.106. The number of morpholine rings is 1. The van der Waals surface area contributed by atoms with Gasteiger partial charge in [-0.05, 0) is 12.1 Å². The zero-order valence-corrected chi connectivity index (χ0v) is 11.3. The van der Waals surface area contributed by atoms with E-state index in [1.54, 1.807) is 11.3 Å². The number of ether oxygens (including phenoxy) is 1. The monoisotopic (exact) mass is 276 g/mol. The highest BCUT2D eigenvalue weighted by Gasteiger charge is 2.23. The molecule has 5 nitrogen and oxygen atoms in total. The standard InChI is InChI=1S/C13H16N4OS/c14-13(15)10-7-17(5-6-18-10)8-12-16-9-3-1-2-4-11(9)19-12/h1-4,10H,5-8H2,(H3,14,15). The van der Waals surface area contributed by atoms with Crippen LogP contribution in [-0.2, 0) is 11.3 Å². The maximum absolute atomic E-state index is 7.46. The number of hydrogen-bond donors (Lipinski definition) is 2. The van der Waals surface area contributed by atoms with E-state index >= 15 is 0 Å². The number of thiazole rings is 1. The van der Waals surface area contributed by atoms with E-state index in [2.05, 4.69) is 16.0 Å². The lowest BCUT2D eigenvalue weighted by molar-refractivity contribution is 0.00236. The van der Waals surface area contributed by atoms with Crippen molar-refractivity contribution in [2.45, 2.75) is 12.6 Å². The first-order valence-electron chi connectivity index (χ1n) is 6.25. The number of nitrogens with zero attached hydrogens (tertiary/aromatic N) is 2. The van der Waals surface area contributed by atoms with E-state index in [0.717, 1.165) is 23.6 Å². The molecule has 1 aliphatic heterocycles. The fourth-order valence-electron chi connectivity index (χ4n) is 2.21. The second-order valence-electron chi connectivity index (χ2n) is 4.63. The summed E-state index contributed by atoms with van der Waals surface area (Å²) in [6, 6.07) is 8.17. The minimum atomic E-state index is -0.275. The molecule has 0 radical (unpaired) electrons. The van der Waals surface area contributed by atoms with Crippen LogP contribution in [0, 0.1) is 5.41 Å². The Labute approximate surface area is 115 Å². The first-order chi connectivity index (χ1) is 9.22. The molecule has 6 heteroatoms. The maximum Gasteiger partial charge on any atom is 0.127 e. The summed E-state index contributed by atoms with van der Waals surface area (Å²) < 4.78 is 6.67. The molecule has 3 N–H and O–H groups in total. The molecule has 0 bridgehead atoms. The highest BCUT2D eigenvalue weighted by atomic mass is 32.1. The lowest BCUT2D eigenvalue weighted by Crippen LogP contribution is -2.47. The molecule has 0 aliphatic carbocycles. The van der Waals surface area contributed by atoms with Gasteiger partial charge >= 0.3 is 0 Å². The molecule has 0 saturated carbocycles. The summed E-state index contributed by atoms with van der Waals surface area (Å²) in [6.07, 6.45) is -0.275. The number of para-hydroxylation sites is 1. The normalized spacial score (nSPS) is 20.7. The van der Waals surface area contributed by atoms with Crippen LogP contribution in [0.15, 0.2) is 24.3 Å². The quantitative estimate of drug-likeness (QED) is 0.657. The van der Waals surface area contributed by atoms with Gasteiger partial charge in [-0.15, -0.1) is 11.3 Å². The average Bonchev–Trinajstić information content (AvgIpc) is 2.81. The molecule has 100 valence electrons. The topological polar surface area (TPSA) is 75.2 Å². The van der Waals surface area contributed by atoms with Crippen LogP contribution in [0.3, 0.4) is 0 Å². The van der Waals surface area contributed by atoms with Gasteiger partial charge in [-0.3, -0.25) is 10.3 Å². The van der Waals surface area contributed by atoms with Gasteiger partial charge < -0.3 is 10.5 Å². The zero-order chi connectivity index (χ0) is 13.2. The van der Waals surface area contributed by atoms with Crippen molar-refractivity contribution in [3.63, 3.8) is 0 Å². The average molecular weight is 276 g/mol. The number of nitrogens with one attached hydrogen (secondary N) is 1. The van der Waals surface area contributed by atoms with Crippen molar-refractivity contribution >= 4 is 27.4 Å². The Morgan fingerprint density at radius 1 is 1.53 bits per heavy atom. The van der Waals surface area contributed by atoms with E-state index in [1.807, 2.05) is 18.2 Å². The van der Waals surface area contributed by atoms with E-state index in [9.17, 15) is 0 Å². The van der Waals surface area contributed by atoms with Gasteiger partial charge in [-0.2, -0.15) is 0 Å². The summed E-state index contributed by atoms with van der Waals surface area (Å²) in [5, 5.41) is 8.56. The van der Waals surface area contributed by atoms with Crippen LogP contribution in [0.2, 0.25) is 0 Å². The Morgan fingerprint density at radius 3 is 3.16 bits per heavy atom. The van der Waals surface area contributed by atoms with Gasteiger partial charge in [0.15, 0.2) is 0 Å². The fraction of sp³-hybridized carbons (Fsp3) is 0.385. The molecule has 0 amide bonds. The molecule has 0 spiro atoms. The first-order valence-corrected chi connectivity index (χ1v) is 7.06. The molecule has 3 rings (SSSR count). The molecule has 1 aromatic carbocycles.